The summed E-state index contributed by atoms with van der Waals surface area (Å²) in [6.07, 6.45) is 3.03. The minimum absolute atomic E-state index is 0. The second-order valence-corrected chi connectivity index (χ2v) is 11.4. The van der Waals surface area contributed by atoms with Crippen LogP contribution in [-0.4, -0.2) is 85.7 Å². The molecule has 0 bridgehead atoms. The highest BCUT2D eigenvalue weighted by Gasteiger charge is 2.28. The molecule has 3 amide bonds. The first kappa shape index (κ1) is 38.5. The lowest BCUT2D eigenvalue weighted by molar-refractivity contribution is -0.141. The number of aliphatic hydroxyl groups excluding tert-OH is 1. The number of likely N-dealkylation sites (tertiary alicyclic amines) is 1. The molecule has 0 spiro atoms. The van der Waals surface area contributed by atoms with Crippen LogP contribution in [0.25, 0.3) is 0 Å². The van der Waals surface area contributed by atoms with Crippen LogP contribution in [0.1, 0.15) is 62.5 Å². The van der Waals surface area contributed by atoms with Crippen LogP contribution in [0.2, 0.25) is 0 Å². The molecule has 254 valence electrons. The molecule has 3 atom stereocenters. The van der Waals surface area contributed by atoms with Gasteiger partial charge in [0.15, 0.2) is 0 Å². The number of esters is 1. The zero-order valence-corrected chi connectivity index (χ0v) is 27.7. The first-order chi connectivity index (χ1) is 21.8. The number of carbonyl (C=O) groups is 4. The predicted octanol–water partition coefficient (Wildman–Crippen LogP) is 2.92. The third kappa shape index (κ3) is 13.8. The lowest BCUT2D eigenvalue weighted by Gasteiger charge is -2.29. The van der Waals surface area contributed by atoms with Crippen molar-refractivity contribution < 1.29 is 33.8 Å². The molecule has 2 aromatic carbocycles. The van der Waals surface area contributed by atoms with Gasteiger partial charge in [-0.15, -0.1) is 12.4 Å². The van der Waals surface area contributed by atoms with Gasteiger partial charge in [-0.3, -0.25) is 19.2 Å². The molecule has 1 aliphatic heterocycles. The topological polar surface area (TPSA) is 146 Å². The quantitative estimate of drug-likeness (QED) is 0.179. The monoisotopic (exact) mass is 660 g/mol. The maximum atomic E-state index is 13.7. The Bertz CT molecular complexity index is 1230. The number of carbonyl (C=O) groups excluding carboxylic acids is 4. The molecule has 1 fully saturated rings. The van der Waals surface area contributed by atoms with Gasteiger partial charge in [0, 0.05) is 45.4 Å². The average molecular weight is 661 g/mol. The van der Waals surface area contributed by atoms with E-state index in [-0.39, 0.29) is 57.0 Å². The highest BCUT2D eigenvalue weighted by molar-refractivity contribution is 5.88. The molecule has 1 heterocycles. The van der Waals surface area contributed by atoms with Crippen molar-refractivity contribution in [3.8, 4) is 5.75 Å². The Hall–Kier alpha value is -3.67. The maximum absolute atomic E-state index is 13.7. The Balaban J connectivity index is 0.00000736. The summed E-state index contributed by atoms with van der Waals surface area (Å²) >= 11 is 0. The van der Waals surface area contributed by atoms with Gasteiger partial charge in [0.25, 0.3) is 0 Å². The molecule has 46 heavy (non-hydrogen) atoms. The van der Waals surface area contributed by atoms with E-state index in [2.05, 4.69) is 20.7 Å². The van der Waals surface area contributed by atoms with E-state index in [1.807, 2.05) is 59.5 Å². The summed E-state index contributed by atoms with van der Waals surface area (Å²) in [5.41, 5.74) is 1.91. The van der Waals surface area contributed by atoms with E-state index in [1.54, 1.807) is 7.11 Å². The van der Waals surface area contributed by atoms with Crippen molar-refractivity contribution in [1.29, 1.82) is 0 Å². The largest absolute Gasteiger partial charge is 0.497 e. The molecule has 11 nitrogen and oxygen atoms in total. The Morgan fingerprint density at radius 3 is 2.30 bits per heavy atom. The zero-order valence-electron chi connectivity index (χ0n) is 26.9. The minimum Gasteiger partial charge on any atom is -0.497 e. The van der Waals surface area contributed by atoms with E-state index in [0.717, 1.165) is 36.1 Å². The minimum atomic E-state index is -0.986. The smallest absolute Gasteiger partial charge is 0.305 e. The van der Waals surface area contributed by atoms with Crippen LogP contribution in [0.4, 0.5) is 0 Å². The number of hydrogen-bond acceptors (Lipinski definition) is 8. The average Bonchev–Trinajstić information content (AvgIpc) is 3.06. The van der Waals surface area contributed by atoms with Crippen molar-refractivity contribution >= 4 is 36.1 Å². The summed E-state index contributed by atoms with van der Waals surface area (Å²) in [4.78, 5) is 52.7. The first-order valence-corrected chi connectivity index (χ1v) is 15.8. The van der Waals surface area contributed by atoms with E-state index < -0.39 is 36.0 Å². The molecule has 0 saturated carbocycles. The van der Waals surface area contributed by atoms with Gasteiger partial charge in [0.2, 0.25) is 17.7 Å². The molecule has 3 rings (SSSR count). The number of amides is 3. The second-order valence-electron chi connectivity index (χ2n) is 11.4. The van der Waals surface area contributed by atoms with E-state index in [1.165, 1.54) is 7.11 Å². The van der Waals surface area contributed by atoms with Crippen molar-refractivity contribution in [2.75, 3.05) is 33.9 Å². The van der Waals surface area contributed by atoms with Crippen LogP contribution in [-0.2, 0) is 36.9 Å². The van der Waals surface area contributed by atoms with Crippen LogP contribution >= 0.6 is 12.4 Å². The molecular weight excluding hydrogens is 612 g/mol. The Morgan fingerprint density at radius 2 is 1.61 bits per heavy atom. The number of nitrogens with zero attached hydrogens (tertiary/aromatic N) is 1. The lowest BCUT2D eigenvalue weighted by Crippen LogP contribution is -2.55. The van der Waals surface area contributed by atoms with Crippen molar-refractivity contribution in [1.82, 2.24) is 20.9 Å². The van der Waals surface area contributed by atoms with E-state index >= 15 is 0 Å². The Kier molecular flexibility index (Phi) is 17.7. The van der Waals surface area contributed by atoms with Gasteiger partial charge in [0.1, 0.15) is 11.8 Å². The number of piperidine rings is 1. The number of methoxy groups -OCH3 is 2. The summed E-state index contributed by atoms with van der Waals surface area (Å²) in [6, 6.07) is 15.5. The van der Waals surface area contributed by atoms with Gasteiger partial charge in [-0.25, -0.2) is 0 Å². The summed E-state index contributed by atoms with van der Waals surface area (Å²) in [5, 5.41) is 20.2. The van der Waals surface area contributed by atoms with Gasteiger partial charge < -0.3 is 35.4 Å². The summed E-state index contributed by atoms with van der Waals surface area (Å²) in [6.45, 7) is 2.09. The number of aliphatic hydroxyl groups is 1. The molecule has 0 aromatic heterocycles. The van der Waals surface area contributed by atoms with E-state index in [9.17, 15) is 24.3 Å². The van der Waals surface area contributed by atoms with Gasteiger partial charge in [-0.2, -0.15) is 0 Å². The SMILES string of the molecule is COC(=O)CCCC(=O)N[C@H](CCC(=O)N1CCCCC1)C(=O)N[C@@H](Cc1ccccc1)[C@@H](O)CNCc1cccc(OC)c1.Cl. The molecule has 1 aliphatic rings. The molecule has 4 N–H and O–H groups in total. The van der Waals surface area contributed by atoms with Crippen molar-refractivity contribution in [2.24, 2.45) is 0 Å². The van der Waals surface area contributed by atoms with E-state index in [4.69, 9.17) is 4.74 Å². The standard InChI is InChI=1S/C34H48N4O7.ClH/c1-44-27-14-9-13-26(21-27)23-35-24-30(39)29(22-25-11-5-3-6-12-25)37-34(43)28(36-31(40)15-10-16-33(42)45-2)17-18-32(41)38-19-7-4-8-20-38;/h3,5-6,9,11-14,21,28-30,35,39H,4,7-8,10,15-20,22-24H2,1-2H3,(H,36,40)(H,37,43);1H/t28-,29+,30+;/m1./s1. The van der Waals surface area contributed by atoms with Gasteiger partial charge >= 0.3 is 5.97 Å². The fourth-order valence-electron chi connectivity index (χ4n) is 5.32. The summed E-state index contributed by atoms with van der Waals surface area (Å²) in [5.74, 6) is -0.599. The van der Waals surface area contributed by atoms with Crippen molar-refractivity contribution in [3.05, 3.63) is 65.7 Å². The van der Waals surface area contributed by atoms with E-state index in [0.29, 0.717) is 26.1 Å². The normalized spacial score (nSPS) is 14.6. The second kappa shape index (κ2) is 21.2. The van der Waals surface area contributed by atoms with Crippen LogP contribution in [0, 0.1) is 0 Å². The number of hydrogen-bond donors (Lipinski definition) is 4. The maximum Gasteiger partial charge on any atom is 0.305 e. The molecule has 0 radical (unpaired) electrons. The van der Waals surface area contributed by atoms with Crippen molar-refractivity contribution in [2.45, 2.75) is 82.5 Å². The summed E-state index contributed by atoms with van der Waals surface area (Å²) < 4.78 is 9.93. The molecule has 2 aromatic rings. The van der Waals surface area contributed by atoms with Crippen LogP contribution in [0.5, 0.6) is 5.75 Å². The molecule has 0 aliphatic carbocycles. The molecular formula is C34H49ClN4O7. The number of nitrogens with one attached hydrogen (secondary N) is 3. The number of benzene rings is 2. The Labute approximate surface area is 278 Å². The summed E-state index contributed by atoms with van der Waals surface area (Å²) in [7, 11) is 2.89. The van der Waals surface area contributed by atoms with Crippen LogP contribution in [0.15, 0.2) is 54.6 Å². The third-order valence-electron chi connectivity index (χ3n) is 7.93. The number of halogens is 1. The van der Waals surface area contributed by atoms with Gasteiger partial charge in [-0.05, 0) is 61.8 Å². The molecule has 0 unspecified atom stereocenters. The fraction of sp³-hybridized carbons (Fsp3) is 0.529. The third-order valence-corrected chi connectivity index (χ3v) is 7.93. The number of rotatable bonds is 18. The highest BCUT2D eigenvalue weighted by atomic mass is 35.5. The van der Waals surface area contributed by atoms with Gasteiger partial charge in [0.05, 0.1) is 26.4 Å². The highest BCUT2D eigenvalue weighted by Crippen LogP contribution is 2.14. The number of ether oxygens (including phenoxy) is 2. The zero-order chi connectivity index (χ0) is 32.4. The van der Waals surface area contributed by atoms with Crippen molar-refractivity contribution in [3.63, 3.8) is 0 Å². The van der Waals surface area contributed by atoms with Crippen LogP contribution < -0.4 is 20.7 Å². The first-order valence-electron chi connectivity index (χ1n) is 15.8. The fourth-order valence-corrected chi connectivity index (χ4v) is 5.32. The predicted molar refractivity (Wildman–Crippen MR) is 177 cm³/mol. The van der Waals surface area contributed by atoms with Gasteiger partial charge in [-0.1, -0.05) is 42.5 Å². The molecule has 12 heteroatoms. The lowest BCUT2D eigenvalue weighted by atomic mass is 9.99. The Morgan fingerprint density at radius 1 is 0.891 bits per heavy atom. The molecule has 1 saturated heterocycles. The van der Waals surface area contributed by atoms with Crippen LogP contribution in [0.3, 0.4) is 0 Å².